The van der Waals surface area contributed by atoms with Crippen molar-refractivity contribution in [2.75, 3.05) is 18.4 Å². The first-order valence-corrected chi connectivity index (χ1v) is 8.21. The molecule has 3 rings (SSSR count). The summed E-state index contributed by atoms with van der Waals surface area (Å²) < 4.78 is 10.5. The van der Waals surface area contributed by atoms with Gasteiger partial charge in [0.25, 0.3) is 0 Å². The highest BCUT2D eigenvalue weighted by atomic mass is 35.5. The second-order valence-electron chi connectivity index (χ2n) is 5.99. The van der Waals surface area contributed by atoms with Gasteiger partial charge in [0.1, 0.15) is 5.75 Å². The zero-order valence-electron chi connectivity index (χ0n) is 14.2. The van der Waals surface area contributed by atoms with E-state index in [1.54, 1.807) is 6.92 Å². The molecule has 7 nitrogen and oxygen atoms in total. The molecule has 0 radical (unpaired) electrons. The Labute approximate surface area is 152 Å². The highest BCUT2D eigenvalue weighted by molar-refractivity contribution is 5.90. The monoisotopic (exact) mass is 366 g/mol. The molecule has 0 aliphatic carbocycles. The van der Waals surface area contributed by atoms with Crippen molar-refractivity contribution < 1.29 is 14.1 Å². The Hall–Kier alpha value is -2.12. The van der Waals surface area contributed by atoms with E-state index in [1.165, 1.54) is 6.42 Å². The number of hydrogen-bond acceptors (Lipinski definition) is 6. The van der Waals surface area contributed by atoms with Crippen LogP contribution in [0.25, 0.3) is 0 Å². The normalized spacial score (nSPS) is 16.3. The Morgan fingerprint density at radius 2 is 2.20 bits per heavy atom. The lowest BCUT2D eigenvalue weighted by atomic mass is 10.0. The molecule has 2 aromatic rings. The van der Waals surface area contributed by atoms with Gasteiger partial charge in [0.05, 0.1) is 0 Å². The van der Waals surface area contributed by atoms with Crippen LogP contribution in [0.2, 0.25) is 0 Å². The van der Waals surface area contributed by atoms with Gasteiger partial charge in [0, 0.05) is 19.0 Å². The van der Waals surface area contributed by atoms with E-state index in [2.05, 4.69) is 20.8 Å². The third-order valence-electron chi connectivity index (χ3n) is 4.02. The van der Waals surface area contributed by atoms with Crippen molar-refractivity contribution in [1.29, 1.82) is 0 Å². The second-order valence-corrected chi connectivity index (χ2v) is 5.99. The Morgan fingerprint density at radius 3 is 2.84 bits per heavy atom. The molecule has 1 aliphatic rings. The summed E-state index contributed by atoms with van der Waals surface area (Å²) in [6.45, 7) is 4.08. The van der Waals surface area contributed by atoms with Crippen molar-refractivity contribution in [2.24, 2.45) is 5.92 Å². The molecule has 0 spiro atoms. The average molecular weight is 367 g/mol. The number of anilines is 1. The molecule has 1 aromatic heterocycles. The van der Waals surface area contributed by atoms with Gasteiger partial charge >= 0.3 is 0 Å². The molecule has 1 unspecified atom stereocenters. The van der Waals surface area contributed by atoms with E-state index in [-0.39, 0.29) is 24.9 Å². The molecule has 25 heavy (non-hydrogen) atoms. The molecule has 136 valence electrons. The van der Waals surface area contributed by atoms with Crippen molar-refractivity contribution in [3.8, 4) is 5.75 Å². The quantitative estimate of drug-likeness (QED) is 0.783. The van der Waals surface area contributed by atoms with E-state index in [9.17, 15) is 4.79 Å². The van der Waals surface area contributed by atoms with Crippen LogP contribution in [-0.4, -0.2) is 29.1 Å². The molecule has 0 bridgehead atoms. The summed E-state index contributed by atoms with van der Waals surface area (Å²) in [5, 5.41) is 10.0. The van der Waals surface area contributed by atoms with E-state index in [4.69, 9.17) is 9.26 Å². The van der Waals surface area contributed by atoms with Crippen molar-refractivity contribution in [3.05, 3.63) is 36.0 Å². The summed E-state index contributed by atoms with van der Waals surface area (Å²) in [6.07, 6.45) is 2.66. The van der Waals surface area contributed by atoms with Gasteiger partial charge < -0.3 is 19.9 Å². The summed E-state index contributed by atoms with van der Waals surface area (Å²) in [5.74, 6) is 2.39. The predicted molar refractivity (Wildman–Crippen MR) is 95.9 cm³/mol. The van der Waals surface area contributed by atoms with Gasteiger partial charge in [0.15, 0.2) is 6.61 Å². The minimum atomic E-state index is 0. The summed E-state index contributed by atoms with van der Waals surface area (Å²) in [6, 6.07) is 7.27. The fraction of sp³-hybridized carbons (Fsp3) is 0.471. The lowest BCUT2D eigenvalue weighted by Crippen LogP contribution is -2.14. The zero-order chi connectivity index (χ0) is 16.8. The van der Waals surface area contributed by atoms with Gasteiger partial charge in [-0.1, -0.05) is 5.16 Å². The van der Waals surface area contributed by atoms with Crippen LogP contribution in [0.3, 0.4) is 0 Å². The molecular formula is C17H23ClN4O3. The number of aryl methyl sites for hydroxylation is 1. The van der Waals surface area contributed by atoms with Crippen molar-refractivity contribution >= 4 is 24.0 Å². The summed E-state index contributed by atoms with van der Waals surface area (Å²) in [5.41, 5.74) is 0.771. The van der Waals surface area contributed by atoms with Gasteiger partial charge in [-0.3, -0.25) is 4.79 Å². The minimum absolute atomic E-state index is 0. The van der Waals surface area contributed by atoms with E-state index < -0.39 is 0 Å². The maximum atomic E-state index is 12.0. The number of rotatable bonds is 7. The van der Waals surface area contributed by atoms with Crippen LogP contribution in [-0.2, 0) is 11.4 Å². The molecule has 2 heterocycles. The van der Waals surface area contributed by atoms with Crippen molar-refractivity contribution in [1.82, 2.24) is 15.5 Å². The van der Waals surface area contributed by atoms with Crippen LogP contribution in [0, 0.1) is 12.8 Å². The number of ether oxygens (including phenoxy) is 1. The van der Waals surface area contributed by atoms with Crippen molar-refractivity contribution in [3.63, 3.8) is 0 Å². The number of amides is 1. The minimum Gasteiger partial charge on any atom is -0.485 e. The standard InChI is InChI=1S/C17H22N4O3.ClH/c1-12-19-16(21-24-12)11-23-15-5-3-14(4-6-15)20-17(22)7-2-13-8-9-18-10-13;/h3-6,13,18H,2,7-11H2,1H3,(H,20,22);1H. The van der Waals surface area contributed by atoms with Gasteiger partial charge in [-0.15, -0.1) is 12.4 Å². The molecular weight excluding hydrogens is 344 g/mol. The number of carbonyl (C=O) groups is 1. The molecule has 1 aliphatic heterocycles. The lowest BCUT2D eigenvalue weighted by molar-refractivity contribution is -0.116. The van der Waals surface area contributed by atoms with Crippen LogP contribution >= 0.6 is 12.4 Å². The van der Waals surface area contributed by atoms with Gasteiger partial charge in [-0.05, 0) is 56.1 Å². The topological polar surface area (TPSA) is 89.3 Å². The molecule has 1 atom stereocenters. The van der Waals surface area contributed by atoms with Gasteiger partial charge in [0.2, 0.25) is 17.6 Å². The van der Waals surface area contributed by atoms with E-state index in [0.717, 1.165) is 25.2 Å². The third-order valence-corrected chi connectivity index (χ3v) is 4.02. The highest BCUT2D eigenvalue weighted by Crippen LogP contribution is 2.18. The fourth-order valence-corrected chi connectivity index (χ4v) is 2.70. The molecule has 1 saturated heterocycles. The molecule has 2 N–H and O–H groups in total. The average Bonchev–Trinajstić information content (AvgIpc) is 3.24. The number of nitrogens with zero attached hydrogens (tertiary/aromatic N) is 2. The third kappa shape index (κ3) is 6.03. The molecule has 8 heteroatoms. The van der Waals surface area contributed by atoms with Crippen LogP contribution in [0.5, 0.6) is 5.75 Å². The smallest absolute Gasteiger partial charge is 0.224 e. The predicted octanol–water partition coefficient (Wildman–Crippen LogP) is 2.71. The lowest BCUT2D eigenvalue weighted by Gasteiger charge is -2.09. The fourth-order valence-electron chi connectivity index (χ4n) is 2.70. The van der Waals surface area contributed by atoms with Crippen LogP contribution < -0.4 is 15.4 Å². The Balaban J connectivity index is 0.00000225. The van der Waals surface area contributed by atoms with E-state index >= 15 is 0 Å². The molecule has 1 aromatic carbocycles. The van der Waals surface area contributed by atoms with Crippen LogP contribution in [0.15, 0.2) is 28.8 Å². The van der Waals surface area contributed by atoms with Crippen molar-refractivity contribution in [2.45, 2.75) is 32.8 Å². The summed E-state index contributed by atoms with van der Waals surface area (Å²) in [4.78, 5) is 16.0. The number of halogens is 1. The number of hydrogen-bond donors (Lipinski definition) is 2. The zero-order valence-corrected chi connectivity index (χ0v) is 15.0. The number of nitrogens with one attached hydrogen (secondary N) is 2. The Kier molecular flexibility index (Phi) is 7.21. The first-order chi connectivity index (χ1) is 11.7. The molecule has 1 fully saturated rings. The van der Waals surface area contributed by atoms with E-state index in [1.807, 2.05) is 24.3 Å². The Bertz CT molecular complexity index is 669. The summed E-state index contributed by atoms with van der Waals surface area (Å²) >= 11 is 0. The first-order valence-electron chi connectivity index (χ1n) is 8.21. The van der Waals surface area contributed by atoms with Crippen LogP contribution in [0.4, 0.5) is 5.69 Å². The molecule has 1 amide bonds. The molecule has 0 saturated carbocycles. The first kappa shape index (κ1) is 19.2. The van der Waals surface area contributed by atoms with Crippen LogP contribution in [0.1, 0.15) is 31.0 Å². The largest absolute Gasteiger partial charge is 0.485 e. The number of benzene rings is 1. The second kappa shape index (κ2) is 9.39. The van der Waals surface area contributed by atoms with Gasteiger partial charge in [-0.2, -0.15) is 4.98 Å². The SMILES string of the molecule is Cc1nc(COc2ccc(NC(=O)CCC3CCNC3)cc2)no1.Cl. The van der Waals surface area contributed by atoms with E-state index in [0.29, 0.717) is 29.8 Å². The number of aromatic nitrogens is 2. The highest BCUT2D eigenvalue weighted by Gasteiger charge is 2.15. The maximum Gasteiger partial charge on any atom is 0.224 e. The maximum absolute atomic E-state index is 12.0. The number of carbonyl (C=O) groups excluding carboxylic acids is 1. The Morgan fingerprint density at radius 1 is 1.40 bits per heavy atom. The summed E-state index contributed by atoms with van der Waals surface area (Å²) in [7, 11) is 0. The van der Waals surface area contributed by atoms with Gasteiger partial charge in [-0.25, -0.2) is 0 Å².